The Balaban J connectivity index is 2.17. The zero-order valence-corrected chi connectivity index (χ0v) is 15.7. The fraction of sp³-hybridized carbons (Fsp3) is 0.278. The van der Waals surface area contributed by atoms with E-state index in [1.165, 1.54) is 0 Å². The summed E-state index contributed by atoms with van der Waals surface area (Å²) in [5, 5.41) is 2.83. The van der Waals surface area contributed by atoms with E-state index in [0.29, 0.717) is 12.1 Å². The normalized spacial score (nSPS) is 12.9. The highest BCUT2D eigenvalue weighted by atomic mass is 35.6. The van der Waals surface area contributed by atoms with Crippen LogP contribution < -0.4 is 5.32 Å². The fourth-order valence-corrected chi connectivity index (χ4v) is 3.10. The maximum absolute atomic E-state index is 12.6. The highest BCUT2D eigenvalue weighted by molar-refractivity contribution is 6.68. The number of hydrogen-bond acceptors (Lipinski definition) is 2. The molecule has 0 saturated heterocycles. The number of carbonyl (C=O) groups excluding carboxylic acids is 1. The monoisotopic (exact) mass is 384 g/mol. The van der Waals surface area contributed by atoms with Gasteiger partial charge in [-0.2, -0.15) is 0 Å². The summed E-state index contributed by atoms with van der Waals surface area (Å²) in [6, 6.07) is 17.1. The quantitative estimate of drug-likeness (QED) is 0.605. The van der Waals surface area contributed by atoms with E-state index >= 15 is 0 Å². The lowest BCUT2D eigenvalue weighted by molar-refractivity contribution is 0.0869. The summed E-state index contributed by atoms with van der Waals surface area (Å²) in [4.78, 5) is 14.4. The van der Waals surface area contributed by atoms with Crippen molar-refractivity contribution in [3.8, 4) is 0 Å². The zero-order chi connectivity index (χ0) is 17.7. The van der Waals surface area contributed by atoms with E-state index in [-0.39, 0.29) is 5.91 Å². The van der Waals surface area contributed by atoms with Crippen molar-refractivity contribution in [1.82, 2.24) is 10.2 Å². The van der Waals surface area contributed by atoms with Crippen LogP contribution in [0.5, 0.6) is 0 Å². The number of rotatable bonds is 5. The first-order valence-electron chi connectivity index (χ1n) is 7.46. The third kappa shape index (κ3) is 5.12. The molecule has 24 heavy (non-hydrogen) atoms. The Bertz CT molecular complexity index is 686. The first kappa shape index (κ1) is 19.1. The van der Waals surface area contributed by atoms with Crippen LogP contribution in [0.4, 0.5) is 0 Å². The van der Waals surface area contributed by atoms with Gasteiger partial charge in [-0.05, 0) is 31.2 Å². The number of nitrogens with zero attached hydrogens (tertiary/aromatic N) is 1. The van der Waals surface area contributed by atoms with Crippen LogP contribution >= 0.6 is 34.8 Å². The van der Waals surface area contributed by atoms with Crippen molar-refractivity contribution in [1.29, 1.82) is 0 Å². The summed E-state index contributed by atoms with van der Waals surface area (Å²) >= 11 is 18.3. The molecule has 0 spiro atoms. The minimum Gasteiger partial charge on any atom is -0.332 e. The van der Waals surface area contributed by atoms with Crippen molar-refractivity contribution in [2.24, 2.45) is 0 Å². The van der Waals surface area contributed by atoms with Crippen LogP contribution in [0.15, 0.2) is 54.6 Å². The predicted octanol–water partition coefficient (Wildman–Crippen LogP) is 4.55. The Morgan fingerprint density at radius 1 is 1.08 bits per heavy atom. The lowest BCUT2D eigenvalue weighted by Gasteiger charge is -2.34. The molecule has 0 heterocycles. The number of hydrogen-bond donors (Lipinski definition) is 1. The van der Waals surface area contributed by atoms with Crippen molar-refractivity contribution in [3.63, 3.8) is 0 Å². The summed E-state index contributed by atoms with van der Waals surface area (Å²) in [7, 11) is 1.80. The van der Waals surface area contributed by atoms with Gasteiger partial charge in [-0.25, -0.2) is 0 Å². The maximum Gasteiger partial charge on any atom is 0.252 e. The second-order valence-electron chi connectivity index (χ2n) is 5.63. The van der Waals surface area contributed by atoms with Crippen LogP contribution in [0.3, 0.4) is 0 Å². The van der Waals surface area contributed by atoms with Gasteiger partial charge in [-0.1, -0.05) is 83.3 Å². The Morgan fingerprint density at radius 2 is 1.67 bits per heavy atom. The summed E-state index contributed by atoms with van der Waals surface area (Å²) in [5.74, 6) is -0.274. The van der Waals surface area contributed by atoms with Crippen LogP contribution in [-0.4, -0.2) is 27.8 Å². The van der Waals surface area contributed by atoms with Crippen molar-refractivity contribution >= 4 is 40.7 Å². The first-order chi connectivity index (χ1) is 11.3. The molecule has 0 saturated carbocycles. The topological polar surface area (TPSA) is 32.3 Å². The number of alkyl halides is 3. The summed E-state index contributed by atoms with van der Waals surface area (Å²) < 4.78 is -1.66. The average Bonchev–Trinajstić information content (AvgIpc) is 2.52. The SMILES string of the molecule is Cc1ccccc1C(=O)N[C@H](N(C)Cc1ccccc1)C(Cl)(Cl)Cl. The van der Waals surface area contributed by atoms with Crippen LogP contribution in [-0.2, 0) is 6.54 Å². The van der Waals surface area contributed by atoms with E-state index in [4.69, 9.17) is 34.8 Å². The number of carbonyl (C=O) groups is 1. The van der Waals surface area contributed by atoms with E-state index in [0.717, 1.165) is 11.1 Å². The van der Waals surface area contributed by atoms with Gasteiger partial charge in [0.15, 0.2) is 0 Å². The number of aryl methyl sites for hydroxylation is 1. The van der Waals surface area contributed by atoms with Crippen LogP contribution in [0.25, 0.3) is 0 Å². The summed E-state index contributed by atoms with van der Waals surface area (Å²) in [5.41, 5.74) is 2.48. The van der Waals surface area contributed by atoms with E-state index < -0.39 is 9.96 Å². The molecule has 0 aromatic heterocycles. The van der Waals surface area contributed by atoms with Gasteiger partial charge >= 0.3 is 0 Å². The Hall–Kier alpha value is -1.26. The molecule has 0 aliphatic carbocycles. The van der Waals surface area contributed by atoms with Gasteiger partial charge in [0.25, 0.3) is 5.91 Å². The largest absolute Gasteiger partial charge is 0.332 e. The lowest BCUT2D eigenvalue weighted by Crippen LogP contribution is -2.53. The molecular formula is C18H19Cl3N2O. The van der Waals surface area contributed by atoms with E-state index in [9.17, 15) is 4.79 Å². The number of benzene rings is 2. The molecule has 2 rings (SSSR count). The zero-order valence-electron chi connectivity index (χ0n) is 13.5. The Labute approximate surface area is 157 Å². The number of halogens is 3. The van der Waals surface area contributed by atoms with Crippen LogP contribution in [0.1, 0.15) is 21.5 Å². The van der Waals surface area contributed by atoms with Gasteiger partial charge in [-0.3, -0.25) is 9.69 Å². The molecule has 0 fully saturated rings. The molecule has 6 heteroatoms. The van der Waals surface area contributed by atoms with Crippen molar-refractivity contribution in [2.75, 3.05) is 7.05 Å². The molecule has 1 amide bonds. The van der Waals surface area contributed by atoms with Gasteiger partial charge in [0.2, 0.25) is 3.79 Å². The molecule has 0 aliphatic rings. The lowest BCUT2D eigenvalue weighted by atomic mass is 10.1. The predicted molar refractivity (Wildman–Crippen MR) is 101 cm³/mol. The second kappa shape index (κ2) is 8.21. The third-order valence-corrected chi connectivity index (χ3v) is 4.30. The van der Waals surface area contributed by atoms with Crippen molar-refractivity contribution in [2.45, 2.75) is 23.4 Å². The summed E-state index contributed by atoms with van der Waals surface area (Å²) in [6.45, 7) is 2.40. The molecule has 2 aromatic rings. The average molecular weight is 386 g/mol. The standard InChI is InChI=1S/C18H19Cl3N2O/c1-13-8-6-7-11-15(13)16(24)22-17(18(19,20)21)23(2)12-14-9-4-3-5-10-14/h3-11,17H,12H2,1-2H3,(H,22,24)/t17-/m1/s1. The van der Waals surface area contributed by atoms with E-state index in [2.05, 4.69) is 5.32 Å². The minimum atomic E-state index is -1.66. The maximum atomic E-state index is 12.6. The van der Waals surface area contributed by atoms with Gasteiger partial charge in [0.1, 0.15) is 6.17 Å². The molecular weight excluding hydrogens is 367 g/mol. The Kier molecular flexibility index (Phi) is 6.53. The molecule has 3 nitrogen and oxygen atoms in total. The molecule has 0 bridgehead atoms. The number of amides is 1. The molecule has 1 N–H and O–H groups in total. The highest BCUT2D eigenvalue weighted by Crippen LogP contribution is 2.32. The van der Waals surface area contributed by atoms with Crippen molar-refractivity contribution < 1.29 is 4.79 Å². The minimum absolute atomic E-state index is 0.274. The second-order valence-corrected chi connectivity index (χ2v) is 8.00. The van der Waals surface area contributed by atoms with Gasteiger partial charge in [0, 0.05) is 12.1 Å². The highest BCUT2D eigenvalue weighted by Gasteiger charge is 2.37. The smallest absolute Gasteiger partial charge is 0.252 e. The van der Waals surface area contributed by atoms with Gasteiger partial charge in [0.05, 0.1) is 0 Å². The molecule has 1 atom stereocenters. The van der Waals surface area contributed by atoms with E-state index in [1.54, 1.807) is 24.1 Å². The molecule has 128 valence electrons. The van der Waals surface area contributed by atoms with Crippen LogP contribution in [0, 0.1) is 6.92 Å². The Morgan fingerprint density at radius 3 is 2.25 bits per heavy atom. The molecule has 0 radical (unpaired) electrons. The molecule has 2 aromatic carbocycles. The van der Waals surface area contributed by atoms with Gasteiger partial charge < -0.3 is 5.32 Å². The number of nitrogens with one attached hydrogen (secondary N) is 1. The molecule has 0 unspecified atom stereocenters. The summed E-state index contributed by atoms with van der Waals surface area (Å²) in [6.07, 6.45) is -0.769. The van der Waals surface area contributed by atoms with Gasteiger partial charge in [-0.15, -0.1) is 0 Å². The first-order valence-corrected chi connectivity index (χ1v) is 8.60. The van der Waals surface area contributed by atoms with E-state index in [1.807, 2.05) is 49.4 Å². The third-order valence-electron chi connectivity index (χ3n) is 3.68. The van der Waals surface area contributed by atoms with Crippen molar-refractivity contribution in [3.05, 3.63) is 71.3 Å². The fourth-order valence-electron chi connectivity index (χ4n) is 2.43. The van der Waals surface area contributed by atoms with Crippen LogP contribution in [0.2, 0.25) is 0 Å². The molecule has 0 aliphatic heterocycles.